The normalized spacial score (nSPS) is 19.6. The molecular weight excluding hydrogens is 378 g/mol. The van der Waals surface area contributed by atoms with E-state index in [1.165, 1.54) is 0 Å². The maximum atomic E-state index is 13.9. The average Bonchev–Trinajstić information content (AvgIpc) is 2.72. The molecule has 10 heteroatoms. The number of benzene rings is 2. The number of nitrogens with zero attached hydrogens (tertiary/aromatic N) is 1. The Morgan fingerprint density at radius 2 is 1.96 bits per heavy atom. The molecule has 5 nitrogen and oxygen atoms in total. The number of halogens is 4. The van der Waals surface area contributed by atoms with Crippen molar-refractivity contribution in [2.75, 3.05) is 0 Å². The summed E-state index contributed by atoms with van der Waals surface area (Å²) in [7, 11) is -5.18. The van der Waals surface area contributed by atoms with Crippen LogP contribution in [-0.4, -0.2) is 18.8 Å². The van der Waals surface area contributed by atoms with Crippen molar-refractivity contribution < 1.29 is 35.8 Å². The van der Waals surface area contributed by atoms with Gasteiger partial charge in [-0.15, -0.1) is 0 Å². The van der Waals surface area contributed by atoms with Gasteiger partial charge in [-0.2, -0.15) is 8.78 Å². The van der Waals surface area contributed by atoms with Crippen molar-refractivity contribution in [1.29, 1.82) is 0 Å². The third-order valence-electron chi connectivity index (χ3n) is 3.86. The third kappa shape index (κ3) is 2.51. The van der Waals surface area contributed by atoms with E-state index in [1.807, 2.05) is 0 Å². The molecule has 136 valence electrons. The van der Waals surface area contributed by atoms with Crippen molar-refractivity contribution in [2.24, 2.45) is 0 Å². The zero-order valence-electron chi connectivity index (χ0n) is 12.7. The summed E-state index contributed by atoms with van der Waals surface area (Å²) in [5.74, 6) is -1.40. The summed E-state index contributed by atoms with van der Waals surface area (Å²) in [5.41, 5.74) is -1.50. The summed E-state index contributed by atoms with van der Waals surface area (Å²) in [6.07, 6.45) is -2.76. The van der Waals surface area contributed by atoms with Gasteiger partial charge >= 0.3 is 5.25 Å². The largest absolute Gasteiger partial charge is 0.458 e. The van der Waals surface area contributed by atoms with Crippen molar-refractivity contribution in [3.05, 3.63) is 58.7 Å². The van der Waals surface area contributed by atoms with Gasteiger partial charge in [-0.25, -0.2) is 22.0 Å². The average molecular weight is 387 g/mol. The zero-order chi connectivity index (χ0) is 19.3. The lowest BCUT2D eigenvalue weighted by atomic mass is 10.0. The summed E-state index contributed by atoms with van der Waals surface area (Å²) in [4.78, 5) is 2.13. The molecule has 0 bridgehead atoms. The number of aliphatic hydroxyl groups excluding tert-OH is 1. The lowest BCUT2D eigenvalue weighted by Gasteiger charge is -2.15. The minimum Gasteiger partial charge on any atom is -0.458 e. The number of ether oxygens (including phenoxy) is 1. The molecule has 3 rings (SSSR count). The first kappa shape index (κ1) is 18.2. The van der Waals surface area contributed by atoms with Crippen LogP contribution in [-0.2, 0) is 16.5 Å². The molecule has 26 heavy (non-hydrogen) atoms. The Kier molecular flexibility index (Phi) is 4.17. The van der Waals surface area contributed by atoms with Crippen molar-refractivity contribution >= 4 is 15.5 Å². The van der Waals surface area contributed by atoms with Gasteiger partial charge in [-0.3, -0.25) is 0 Å². The van der Waals surface area contributed by atoms with Crippen molar-refractivity contribution in [2.45, 2.75) is 22.9 Å². The van der Waals surface area contributed by atoms with Crippen molar-refractivity contribution in [3.8, 4) is 11.5 Å². The standard InChI is InChI=1S/C16H9F4NO4S/c1-21-9-4-8(18)5-10(6-9)25-12-2-3-13-14(11(12)7-17)15(22)16(19,20)26(13,23)24/h2-6,15,22H,7H2. The molecule has 0 aliphatic carbocycles. The van der Waals surface area contributed by atoms with Gasteiger partial charge in [-0.1, -0.05) is 0 Å². The predicted octanol–water partition coefficient (Wildman–Crippen LogP) is 4.05. The van der Waals surface area contributed by atoms with E-state index in [4.69, 9.17) is 11.3 Å². The van der Waals surface area contributed by atoms with E-state index < -0.39 is 49.7 Å². The van der Waals surface area contributed by atoms with Gasteiger partial charge in [0.25, 0.3) is 0 Å². The van der Waals surface area contributed by atoms with Crippen LogP contribution < -0.4 is 4.74 Å². The minimum atomic E-state index is -5.18. The van der Waals surface area contributed by atoms with Crippen LogP contribution in [0.1, 0.15) is 17.2 Å². The lowest BCUT2D eigenvalue weighted by molar-refractivity contribution is -0.0381. The molecule has 1 atom stereocenters. The smallest absolute Gasteiger partial charge is 0.379 e. The summed E-state index contributed by atoms with van der Waals surface area (Å²) in [5, 5.41) is 5.22. The molecule has 0 spiro atoms. The molecule has 0 fully saturated rings. The van der Waals surface area contributed by atoms with E-state index >= 15 is 0 Å². The monoisotopic (exact) mass is 387 g/mol. The highest BCUT2D eigenvalue weighted by molar-refractivity contribution is 7.92. The lowest BCUT2D eigenvalue weighted by Crippen LogP contribution is -2.28. The molecule has 0 saturated carbocycles. The Labute approximate surface area is 145 Å². The maximum absolute atomic E-state index is 13.9. The fourth-order valence-electron chi connectivity index (χ4n) is 2.65. The Bertz CT molecular complexity index is 1050. The Morgan fingerprint density at radius 3 is 2.58 bits per heavy atom. The number of sulfone groups is 1. The first-order valence-corrected chi connectivity index (χ1v) is 8.50. The molecule has 0 amide bonds. The maximum Gasteiger partial charge on any atom is 0.379 e. The Balaban J connectivity index is 2.15. The fourth-order valence-corrected chi connectivity index (χ4v) is 4.13. The molecule has 0 radical (unpaired) electrons. The van der Waals surface area contributed by atoms with Crippen LogP contribution in [0.3, 0.4) is 0 Å². The van der Waals surface area contributed by atoms with E-state index in [1.54, 1.807) is 0 Å². The van der Waals surface area contributed by atoms with Crippen LogP contribution in [0.4, 0.5) is 23.2 Å². The van der Waals surface area contributed by atoms with Crippen LogP contribution in [0.15, 0.2) is 35.2 Å². The predicted molar refractivity (Wildman–Crippen MR) is 81.1 cm³/mol. The molecule has 2 aromatic carbocycles. The van der Waals surface area contributed by atoms with Crippen LogP contribution in [0.2, 0.25) is 0 Å². The SMILES string of the molecule is [C-]#[N+]c1cc(F)cc(Oc2ccc3c(c2CF)C(O)C(F)(F)S3(=O)=O)c1. The topological polar surface area (TPSA) is 68.0 Å². The number of hydrogen-bond donors (Lipinski definition) is 1. The summed E-state index contributed by atoms with van der Waals surface area (Å²) in [6.45, 7) is 5.46. The van der Waals surface area contributed by atoms with Gasteiger partial charge in [0.05, 0.1) is 11.5 Å². The van der Waals surface area contributed by atoms with Crippen molar-refractivity contribution in [3.63, 3.8) is 0 Å². The van der Waals surface area contributed by atoms with Gasteiger partial charge in [0.1, 0.15) is 24.0 Å². The molecule has 0 aromatic heterocycles. The molecule has 1 N–H and O–H groups in total. The molecule has 1 aliphatic heterocycles. The van der Waals surface area contributed by atoms with Gasteiger partial charge in [0.15, 0.2) is 11.8 Å². The van der Waals surface area contributed by atoms with E-state index in [-0.39, 0.29) is 17.2 Å². The molecule has 1 aliphatic rings. The first-order chi connectivity index (χ1) is 12.1. The van der Waals surface area contributed by atoms with Gasteiger partial charge < -0.3 is 9.84 Å². The highest BCUT2D eigenvalue weighted by Gasteiger charge is 2.61. The summed E-state index contributed by atoms with van der Waals surface area (Å²) >= 11 is 0. The highest BCUT2D eigenvalue weighted by atomic mass is 32.2. The van der Waals surface area contributed by atoms with E-state index in [9.17, 15) is 31.1 Å². The first-order valence-electron chi connectivity index (χ1n) is 7.01. The van der Waals surface area contributed by atoms with E-state index in [2.05, 4.69) is 4.85 Å². The van der Waals surface area contributed by atoms with Gasteiger partial charge in [0, 0.05) is 17.2 Å². The van der Waals surface area contributed by atoms with E-state index in [0.717, 1.165) is 30.3 Å². The number of alkyl halides is 3. The van der Waals surface area contributed by atoms with Crippen LogP contribution in [0.25, 0.3) is 4.85 Å². The third-order valence-corrected chi connectivity index (χ3v) is 5.74. The van der Waals surface area contributed by atoms with Crippen LogP contribution in [0, 0.1) is 12.4 Å². The second-order valence-corrected chi connectivity index (χ2v) is 7.41. The molecule has 0 saturated heterocycles. The number of aliphatic hydroxyl groups is 1. The molecule has 1 unspecified atom stereocenters. The van der Waals surface area contributed by atoms with Crippen LogP contribution in [0.5, 0.6) is 11.5 Å². The molecule has 2 aromatic rings. The molecular formula is C16H9F4NO4S. The Morgan fingerprint density at radius 1 is 1.27 bits per heavy atom. The quantitative estimate of drug-likeness (QED) is 0.637. The summed E-state index contributed by atoms with van der Waals surface area (Å²) in [6, 6.07) is 4.63. The summed E-state index contributed by atoms with van der Waals surface area (Å²) < 4.78 is 83.6. The Hall–Kier alpha value is -2.64. The fraction of sp³-hybridized carbons (Fsp3) is 0.188. The van der Waals surface area contributed by atoms with Gasteiger partial charge in [0.2, 0.25) is 9.84 Å². The number of rotatable bonds is 3. The van der Waals surface area contributed by atoms with Crippen molar-refractivity contribution in [1.82, 2.24) is 0 Å². The second kappa shape index (κ2) is 5.96. The zero-order valence-corrected chi connectivity index (χ0v) is 13.5. The minimum absolute atomic E-state index is 0.114. The molecule has 1 heterocycles. The second-order valence-electron chi connectivity index (χ2n) is 5.41. The number of fused-ring (bicyclic) bond motifs is 1. The number of hydrogen-bond acceptors (Lipinski definition) is 4. The van der Waals surface area contributed by atoms with Gasteiger partial charge in [-0.05, 0) is 24.3 Å². The van der Waals surface area contributed by atoms with E-state index in [0.29, 0.717) is 0 Å². The highest BCUT2D eigenvalue weighted by Crippen LogP contribution is 2.52. The van der Waals surface area contributed by atoms with Crippen LogP contribution >= 0.6 is 0 Å².